The third kappa shape index (κ3) is 4.62. The first-order valence-corrected chi connectivity index (χ1v) is 12.1. The summed E-state index contributed by atoms with van der Waals surface area (Å²) in [7, 11) is 0. The van der Waals surface area contributed by atoms with Crippen LogP contribution in [-0.4, -0.2) is 60.6 Å². The number of nitrogens with zero attached hydrogens (tertiary/aromatic N) is 6. The van der Waals surface area contributed by atoms with Crippen LogP contribution in [0.25, 0.3) is 0 Å². The Hall–Kier alpha value is -3.04. The molecule has 1 N–H and O–H groups in total. The third-order valence-corrected chi connectivity index (χ3v) is 6.87. The van der Waals surface area contributed by atoms with E-state index in [9.17, 15) is 9.18 Å². The maximum absolute atomic E-state index is 14.4. The SMILES string of the molecule is Cc1cc(Nc2ccnn2C(C)(C)C)nc(CN2C[C@@H]3C[C@H]2CN3C(=O)c2cccc(Cl)c2F)n1. The highest BCUT2D eigenvalue weighted by atomic mass is 35.5. The molecule has 1 aromatic carbocycles. The van der Waals surface area contributed by atoms with Gasteiger partial charge in [-0.25, -0.2) is 19.0 Å². The largest absolute Gasteiger partial charge is 0.333 e. The van der Waals surface area contributed by atoms with Gasteiger partial charge in [-0.05, 0) is 46.2 Å². The number of piperazine rings is 1. The highest BCUT2D eigenvalue weighted by Gasteiger charge is 2.45. The second-order valence-corrected chi connectivity index (χ2v) is 10.7. The van der Waals surface area contributed by atoms with Gasteiger partial charge in [0.2, 0.25) is 0 Å². The van der Waals surface area contributed by atoms with E-state index in [-0.39, 0.29) is 34.1 Å². The number of anilines is 2. The minimum Gasteiger partial charge on any atom is -0.333 e. The van der Waals surface area contributed by atoms with Gasteiger partial charge in [-0.1, -0.05) is 17.7 Å². The van der Waals surface area contributed by atoms with Crippen LogP contribution < -0.4 is 5.32 Å². The van der Waals surface area contributed by atoms with Crippen LogP contribution in [0.2, 0.25) is 5.02 Å². The van der Waals surface area contributed by atoms with Crippen LogP contribution in [0, 0.1) is 12.7 Å². The molecule has 2 fully saturated rings. The number of halogens is 2. The third-order valence-electron chi connectivity index (χ3n) is 6.58. The van der Waals surface area contributed by atoms with Crippen molar-refractivity contribution in [3.63, 3.8) is 0 Å². The molecule has 35 heavy (non-hydrogen) atoms. The van der Waals surface area contributed by atoms with Gasteiger partial charge in [0.15, 0.2) is 5.82 Å². The van der Waals surface area contributed by atoms with Crippen molar-refractivity contribution >= 4 is 29.1 Å². The smallest absolute Gasteiger partial charge is 0.257 e. The summed E-state index contributed by atoms with van der Waals surface area (Å²) in [5, 5.41) is 7.78. The van der Waals surface area contributed by atoms with Gasteiger partial charge in [-0.15, -0.1) is 0 Å². The molecule has 0 aliphatic carbocycles. The first kappa shape index (κ1) is 23.7. The number of nitrogens with one attached hydrogen (secondary N) is 1. The predicted octanol–water partition coefficient (Wildman–Crippen LogP) is 4.37. The fourth-order valence-corrected chi connectivity index (χ4v) is 5.20. The standard InChI is InChI=1S/C25H29ClFN7O/c1-15-10-20(31-22-8-9-28-34(22)25(2,3)4)30-21(29-15)14-32-12-17-11-16(32)13-33(17)24(35)18-6-5-7-19(26)23(18)27/h5-10,16-17H,11-14H2,1-4H3,(H,29,30,31)/t16-,17-/m0/s1. The maximum Gasteiger partial charge on any atom is 0.257 e. The summed E-state index contributed by atoms with van der Waals surface area (Å²) in [5.74, 6) is 1.35. The molecule has 4 heterocycles. The molecule has 3 aromatic rings. The highest BCUT2D eigenvalue weighted by molar-refractivity contribution is 6.31. The Bertz CT molecular complexity index is 1270. The molecule has 8 nitrogen and oxygen atoms in total. The Morgan fingerprint density at radius 2 is 2.00 bits per heavy atom. The van der Waals surface area contributed by atoms with E-state index >= 15 is 0 Å². The van der Waals surface area contributed by atoms with Crippen molar-refractivity contribution in [1.82, 2.24) is 29.5 Å². The molecule has 0 unspecified atom stereocenters. The zero-order valence-electron chi connectivity index (χ0n) is 20.3. The minimum atomic E-state index is -0.653. The van der Waals surface area contributed by atoms with Gasteiger partial charge in [-0.3, -0.25) is 9.69 Å². The van der Waals surface area contributed by atoms with E-state index in [1.54, 1.807) is 17.2 Å². The molecule has 10 heteroatoms. The van der Waals surface area contributed by atoms with Crippen LogP contribution in [0.3, 0.4) is 0 Å². The summed E-state index contributed by atoms with van der Waals surface area (Å²) in [6, 6.07) is 8.62. The average molecular weight is 498 g/mol. The van der Waals surface area contributed by atoms with Gasteiger partial charge >= 0.3 is 0 Å². The van der Waals surface area contributed by atoms with Crippen molar-refractivity contribution in [3.8, 4) is 0 Å². The second kappa shape index (κ2) is 8.87. The number of benzene rings is 1. The lowest BCUT2D eigenvalue weighted by atomic mass is 10.1. The van der Waals surface area contributed by atoms with Gasteiger partial charge in [0.1, 0.15) is 17.5 Å². The average Bonchev–Trinajstić information content (AvgIpc) is 3.50. The number of aromatic nitrogens is 4. The lowest BCUT2D eigenvalue weighted by molar-refractivity contribution is 0.0608. The summed E-state index contributed by atoms with van der Waals surface area (Å²) in [5.41, 5.74) is 0.740. The van der Waals surface area contributed by atoms with E-state index in [1.165, 1.54) is 12.1 Å². The normalized spacial score (nSPS) is 20.0. The van der Waals surface area contributed by atoms with Gasteiger partial charge in [0, 0.05) is 43.0 Å². The molecular weight excluding hydrogens is 469 g/mol. The fraction of sp³-hybridized carbons (Fsp3) is 0.440. The quantitative estimate of drug-likeness (QED) is 0.564. The molecule has 2 atom stereocenters. The molecule has 0 radical (unpaired) electrons. The van der Waals surface area contributed by atoms with Crippen LogP contribution in [-0.2, 0) is 12.1 Å². The van der Waals surface area contributed by atoms with Crippen LogP contribution in [0.1, 0.15) is 49.1 Å². The Morgan fingerprint density at radius 3 is 2.71 bits per heavy atom. The summed E-state index contributed by atoms with van der Waals surface area (Å²) in [6.07, 6.45) is 2.63. The van der Waals surface area contributed by atoms with Gasteiger partial charge in [0.05, 0.1) is 28.9 Å². The topological polar surface area (TPSA) is 79.2 Å². The summed E-state index contributed by atoms with van der Waals surface area (Å²) >= 11 is 5.88. The van der Waals surface area contributed by atoms with Crippen molar-refractivity contribution < 1.29 is 9.18 Å². The van der Waals surface area contributed by atoms with E-state index in [0.717, 1.165) is 29.6 Å². The molecule has 0 saturated carbocycles. The molecular formula is C25H29ClFN7O. The molecule has 5 rings (SSSR count). The maximum atomic E-state index is 14.4. The molecule has 184 valence electrons. The molecule has 2 aliphatic heterocycles. The molecule has 0 spiro atoms. The number of likely N-dealkylation sites (tertiary alicyclic amines) is 2. The van der Waals surface area contributed by atoms with Gasteiger partial charge < -0.3 is 10.2 Å². The molecule has 2 saturated heterocycles. The highest BCUT2D eigenvalue weighted by Crippen LogP contribution is 2.33. The van der Waals surface area contributed by atoms with E-state index in [0.29, 0.717) is 19.6 Å². The number of hydrogen-bond acceptors (Lipinski definition) is 6. The first-order chi connectivity index (χ1) is 16.6. The van der Waals surface area contributed by atoms with Crippen molar-refractivity contribution in [2.24, 2.45) is 0 Å². The number of hydrogen-bond donors (Lipinski definition) is 1. The lowest BCUT2D eigenvalue weighted by Crippen LogP contribution is -2.48. The Kier molecular flexibility index (Phi) is 6.01. The Morgan fingerprint density at radius 1 is 1.20 bits per heavy atom. The van der Waals surface area contributed by atoms with Crippen molar-refractivity contribution in [2.45, 2.75) is 58.3 Å². The van der Waals surface area contributed by atoms with Gasteiger partial charge in [-0.2, -0.15) is 5.10 Å². The van der Waals surface area contributed by atoms with Crippen LogP contribution in [0.4, 0.5) is 16.0 Å². The van der Waals surface area contributed by atoms with E-state index in [2.05, 4.69) is 41.1 Å². The molecule has 2 bridgehead atoms. The number of aryl methyl sites for hydroxylation is 1. The number of carbonyl (C=O) groups is 1. The molecule has 2 aliphatic rings. The summed E-state index contributed by atoms with van der Waals surface area (Å²) in [6.45, 7) is 10.1. The number of rotatable bonds is 5. The van der Waals surface area contributed by atoms with Crippen molar-refractivity contribution in [2.75, 3.05) is 18.4 Å². The molecule has 2 aromatic heterocycles. The zero-order chi connectivity index (χ0) is 24.9. The van der Waals surface area contributed by atoms with E-state index in [1.807, 2.05) is 23.7 Å². The van der Waals surface area contributed by atoms with E-state index < -0.39 is 5.82 Å². The fourth-order valence-electron chi connectivity index (χ4n) is 5.03. The Labute approximate surface area is 209 Å². The monoisotopic (exact) mass is 497 g/mol. The number of amides is 1. The van der Waals surface area contributed by atoms with Gasteiger partial charge in [0.25, 0.3) is 5.91 Å². The first-order valence-electron chi connectivity index (χ1n) is 11.8. The molecule has 1 amide bonds. The summed E-state index contributed by atoms with van der Waals surface area (Å²) < 4.78 is 16.3. The van der Waals surface area contributed by atoms with Crippen LogP contribution in [0.5, 0.6) is 0 Å². The lowest BCUT2D eigenvalue weighted by Gasteiger charge is -2.34. The Balaban J connectivity index is 1.27. The minimum absolute atomic E-state index is 0.0313. The van der Waals surface area contributed by atoms with E-state index in [4.69, 9.17) is 16.6 Å². The van der Waals surface area contributed by atoms with Crippen LogP contribution >= 0.6 is 11.6 Å². The zero-order valence-corrected chi connectivity index (χ0v) is 21.1. The second-order valence-electron chi connectivity index (χ2n) is 10.3. The predicted molar refractivity (Wildman–Crippen MR) is 132 cm³/mol. The van der Waals surface area contributed by atoms with Crippen molar-refractivity contribution in [1.29, 1.82) is 0 Å². The number of carbonyl (C=O) groups excluding carboxylic acids is 1. The number of fused-ring (bicyclic) bond motifs is 2. The van der Waals surface area contributed by atoms with Crippen LogP contribution in [0.15, 0.2) is 36.5 Å². The summed E-state index contributed by atoms with van der Waals surface area (Å²) in [4.78, 5) is 26.5. The van der Waals surface area contributed by atoms with Crippen molar-refractivity contribution in [3.05, 3.63) is 64.5 Å².